The predicted octanol–water partition coefficient (Wildman–Crippen LogP) is 5.92. The van der Waals surface area contributed by atoms with Crippen LogP contribution in [0.15, 0.2) is 83.4 Å². The summed E-state index contributed by atoms with van der Waals surface area (Å²) in [5, 5.41) is 11.4. The average Bonchev–Trinajstić information content (AvgIpc) is 3.14. The van der Waals surface area contributed by atoms with E-state index in [1.54, 1.807) is 0 Å². The van der Waals surface area contributed by atoms with Gasteiger partial charge in [-0.25, -0.2) is 4.57 Å². The molecule has 0 unspecified atom stereocenters. The predicted molar refractivity (Wildman–Crippen MR) is 115 cm³/mol. The number of hydrogen-bond acceptors (Lipinski definition) is 2. The third kappa shape index (κ3) is 2.69. The van der Waals surface area contributed by atoms with Crippen LogP contribution in [0.2, 0.25) is 0 Å². The molecule has 5 aromatic rings. The van der Waals surface area contributed by atoms with Gasteiger partial charge in [-0.05, 0) is 35.7 Å². The van der Waals surface area contributed by atoms with Gasteiger partial charge in [0, 0.05) is 22.9 Å². The highest BCUT2D eigenvalue weighted by Crippen LogP contribution is 2.38. The largest absolute Gasteiger partial charge is 0.455 e. The number of rotatable bonds is 2. The second-order valence-electron chi connectivity index (χ2n) is 7.30. The van der Waals surface area contributed by atoms with Gasteiger partial charge >= 0.3 is 0 Å². The Morgan fingerprint density at radius 2 is 1.72 bits per heavy atom. The zero-order chi connectivity index (χ0) is 20.0. The van der Waals surface area contributed by atoms with Crippen LogP contribution in [-0.4, -0.2) is 0 Å². The molecule has 3 aromatic carbocycles. The number of benzene rings is 3. The first-order chi connectivity index (χ1) is 14.2. The number of pyridine rings is 1. The van der Waals surface area contributed by atoms with Crippen molar-refractivity contribution in [3.8, 4) is 28.5 Å². The minimum Gasteiger partial charge on any atom is -0.455 e. The van der Waals surface area contributed by atoms with Crippen LogP contribution in [0.1, 0.15) is 11.1 Å². The summed E-state index contributed by atoms with van der Waals surface area (Å²) in [4.78, 5) is 0. The molecule has 29 heavy (non-hydrogen) atoms. The lowest BCUT2D eigenvalue weighted by atomic mass is 9.97. The van der Waals surface area contributed by atoms with E-state index in [-0.39, 0.29) is 0 Å². The molecule has 0 N–H and O–H groups in total. The first-order valence-electron chi connectivity index (χ1n) is 9.58. The minimum atomic E-state index is 0.637. The molecule has 0 fully saturated rings. The molecule has 0 bridgehead atoms. The third-order valence-electron chi connectivity index (χ3n) is 5.51. The molecular formula is C26H19N2O+. The van der Waals surface area contributed by atoms with Gasteiger partial charge in [-0.15, -0.1) is 0 Å². The van der Waals surface area contributed by atoms with Crippen molar-refractivity contribution in [1.82, 2.24) is 0 Å². The number of aryl methyl sites for hydroxylation is 2. The first-order valence-corrected chi connectivity index (χ1v) is 9.58. The lowest BCUT2D eigenvalue weighted by Gasteiger charge is -2.08. The van der Waals surface area contributed by atoms with E-state index in [4.69, 9.17) is 4.42 Å². The Balaban J connectivity index is 1.84. The van der Waals surface area contributed by atoms with E-state index in [2.05, 4.69) is 72.3 Å². The van der Waals surface area contributed by atoms with Crippen molar-refractivity contribution in [3.05, 3.63) is 90.1 Å². The average molecular weight is 375 g/mol. The highest BCUT2D eigenvalue weighted by atomic mass is 16.3. The summed E-state index contributed by atoms with van der Waals surface area (Å²) in [7, 11) is 2.05. The van der Waals surface area contributed by atoms with E-state index >= 15 is 0 Å². The monoisotopic (exact) mass is 375 g/mol. The Morgan fingerprint density at radius 1 is 0.897 bits per heavy atom. The smallest absolute Gasteiger partial charge is 0.216 e. The second kappa shape index (κ2) is 6.61. The summed E-state index contributed by atoms with van der Waals surface area (Å²) in [6.45, 7) is 2.10. The molecule has 2 aromatic heterocycles. The zero-order valence-corrected chi connectivity index (χ0v) is 16.3. The van der Waals surface area contributed by atoms with E-state index in [1.807, 2.05) is 31.3 Å². The van der Waals surface area contributed by atoms with Crippen molar-refractivity contribution in [2.75, 3.05) is 0 Å². The third-order valence-corrected chi connectivity index (χ3v) is 5.51. The van der Waals surface area contributed by atoms with Gasteiger partial charge in [-0.3, -0.25) is 0 Å². The van der Waals surface area contributed by atoms with Crippen molar-refractivity contribution in [2.24, 2.45) is 7.05 Å². The molecule has 0 saturated heterocycles. The SMILES string of the molecule is Cc1ccc2c(oc3cccc(C#N)c32)c1-c1cc(-c2ccccc2)cc[n+]1C. The molecule has 2 heterocycles. The summed E-state index contributed by atoms with van der Waals surface area (Å²) < 4.78 is 8.42. The van der Waals surface area contributed by atoms with Gasteiger partial charge in [0.15, 0.2) is 6.20 Å². The van der Waals surface area contributed by atoms with Gasteiger partial charge in [0.2, 0.25) is 5.69 Å². The van der Waals surface area contributed by atoms with Crippen molar-refractivity contribution >= 4 is 21.9 Å². The van der Waals surface area contributed by atoms with E-state index < -0.39 is 0 Å². The van der Waals surface area contributed by atoms with Crippen LogP contribution >= 0.6 is 0 Å². The molecule has 0 aliphatic carbocycles. The number of nitriles is 1. The van der Waals surface area contributed by atoms with Gasteiger partial charge in [-0.2, -0.15) is 5.26 Å². The van der Waals surface area contributed by atoms with Crippen molar-refractivity contribution in [3.63, 3.8) is 0 Å². The first kappa shape index (κ1) is 17.2. The van der Waals surface area contributed by atoms with Gasteiger partial charge in [0.25, 0.3) is 0 Å². The number of aromatic nitrogens is 1. The van der Waals surface area contributed by atoms with Gasteiger partial charge < -0.3 is 4.42 Å². The maximum atomic E-state index is 9.57. The van der Waals surface area contributed by atoms with Crippen molar-refractivity contribution < 1.29 is 8.98 Å². The van der Waals surface area contributed by atoms with Crippen LogP contribution in [0.4, 0.5) is 0 Å². The quantitative estimate of drug-likeness (QED) is 0.359. The van der Waals surface area contributed by atoms with Crippen LogP contribution in [0.5, 0.6) is 0 Å². The number of nitrogens with zero attached hydrogens (tertiary/aromatic N) is 2. The molecule has 0 amide bonds. The summed E-state index contributed by atoms with van der Waals surface area (Å²) in [6, 6.07) is 26.8. The molecule has 0 aliphatic heterocycles. The van der Waals surface area contributed by atoms with Crippen molar-refractivity contribution in [2.45, 2.75) is 6.92 Å². The number of fused-ring (bicyclic) bond motifs is 3. The zero-order valence-electron chi connectivity index (χ0n) is 16.3. The highest BCUT2D eigenvalue weighted by Gasteiger charge is 2.22. The summed E-state index contributed by atoms with van der Waals surface area (Å²) in [6.07, 6.45) is 2.08. The van der Waals surface area contributed by atoms with E-state index in [9.17, 15) is 5.26 Å². The van der Waals surface area contributed by atoms with Crippen LogP contribution in [0.25, 0.3) is 44.3 Å². The van der Waals surface area contributed by atoms with Gasteiger partial charge in [0.05, 0.1) is 17.2 Å². The van der Waals surface area contributed by atoms with E-state index in [0.717, 1.165) is 44.3 Å². The number of hydrogen-bond donors (Lipinski definition) is 0. The second-order valence-corrected chi connectivity index (χ2v) is 7.30. The Labute approximate surface area is 169 Å². The Morgan fingerprint density at radius 3 is 2.52 bits per heavy atom. The lowest BCUT2D eigenvalue weighted by Crippen LogP contribution is -2.30. The molecule has 0 spiro atoms. The molecule has 3 nitrogen and oxygen atoms in total. The summed E-state index contributed by atoms with van der Waals surface area (Å²) in [5.41, 5.74) is 7.81. The summed E-state index contributed by atoms with van der Waals surface area (Å²) >= 11 is 0. The van der Waals surface area contributed by atoms with Crippen LogP contribution in [0.3, 0.4) is 0 Å². The molecule has 0 radical (unpaired) electrons. The van der Waals surface area contributed by atoms with Gasteiger partial charge in [-0.1, -0.05) is 48.5 Å². The van der Waals surface area contributed by atoms with Crippen LogP contribution < -0.4 is 4.57 Å². The fourth-order valence-electron chi connectivity index (χ4n) is 4.03. The topological polar surface area (TPSA) is 40.8 Å². The van der Waals surface area contributed by atoms with E-state index in [1.165, 1.54) is 5.56 Å². The molecule has 0 atom stereocenters. The van der Waals surface area contributed by atoms with Crippen molar-refractivity contribution in [1.29, 1.82) is 5.26 Å². The van der Waals surface area contributed by atoms with Gasteiger partial charge in [0.1, 0.15) is 18.2 Å². The van der Waals surface area contributed by atoms with E-state index in [0.29, 0.717) is 5.56 Å². The molecule has 3 heteroatoms. The fourth-order valence-corrected chi connectivity index (χ4v) is 4.03. The maximum absolute atomic E-state index is 9.57. The molecule has 0 aliphatic rings. The number of furan rings is 1. The summed E-state index contributed by atoms with van der Waals surface area (Å²) in [5.74, 6) is 0. The molecule has 0 saturated carbocycles. The lowest BCUT2D eigenvalue weighted by molar-refractivity contribution is -0.660. The fraction of sp³-hybridized carbons (Fsp3) is 0.0769. The Bertz CT molecular complexity index is 1420. The Hall–Kier alpha value is -3.90. The minimum absolute atomic E-state index is 0.637. The normalized spacial score (nSPS) is 11.1. The highest BCUT2D eigenvalue weighted by molar-refractivity contribution is 6.12. The molecule has 138 valence electrons. The van der Waals surface area contributed by atoms with Crippen LogP contribution in [0, 0.1) is 18.3 Å². The maximum Gasteiger partial charge on any atom is 0.216 e. The molecular weight excluding hydrogens is 356 g/mol. The standard InChI is InChI=1S/C26H19N2O/c1-17-11-12-21-25-20(16-27)9-6-10-23(25)29-26(21)24(17)22-15-19(13-14-28(22)2)18-7-4-3-5-8-18/h3-15H,1-2H3/q+1. The molecule has 5 rings (SSSR count). The van der Waals surface area contributed by atoms with Crippen LogP contribution in [-0.2, 0) is 7.05 Å². The Kier molecular flexibility index (Phi) is 3.93.